The number of aryl methyl sites for hydroxylation is 1. The summed E-state index contributed by atoms with van der Waals surface area (Å²) in [6, 6.07) is 11.2. The Labute approximate surface area is 157 Å². The first kappa shape index (κ1) is 17.3. The fourth-order valence-electron chi connectivity index (χ4n) is 3.55. The van der Waals surface area contributed by atoms with Crippen LogP contribution in [0.5, 0.6) is 0 Å². The van der Waals surface area contributed by atoms with Gasteiger partial charge in [-0.2, -0.15) is 0 Å². The van der Waals surface area contributed by atoms with Gasteiger partial charge in [0, 0.05) is 30.2 Å². The van der Waals surface area contributed by atoms with E-state index in [0.29, 0.717) is 24.2 Å². The number of furan rings is 1. The molecule has 0 saturated carbocycles. The summed E-state index contributed by atoms with van der Waals surface area (Å²) in [5.41, 5.74) is 2.86. The van der Waals surface area contributed by atoms with E-state index in [-0.39, 0.29) is 17.9 Å². The van der Waals surface area contributed by atoms with Crippen LogP contribution in [0.2, 0.25) is 0 Å². The molecule has 1 N–H and O–H groups in total. The number of nitrogens with one attached hydrogen (secondary N) is 1. The van der Waals surface area contributed by atoms with Crippen molar-refractivity contribution in [1.29, 1.82) is 0 Å². The summed E-state index contributed by atoms with van der Waals surface area (Å²) in [4.78, 5) is 31.5. The van der Waals surface area contributed by atoms with Crippen molar-refractivity contribution in [3.05, 3.63) is 65.7 Å². The van der Waals surface area contributed by atoms with Crippen LogP contribution in [0, 0.1) is 6.92 Å². The first-order valence-electron chi connectivity index (χ1n) is 9.10. The van der Waals surface area contributed by atoms with Crippen molar-refractivity contribution in [3.8, 4) is 0 Å². The van der Waals surface area contributed by atoms with Crippen LogP contribution in [0.15, 0.2) is 53.3 Å². The topological polar surface area (TPSA) is 75.4 Å². The Kier molecular flexibility index (Phi) is 4.62. The number of carbonyl (C=O) groups excluding carboxylic acids is 2. The molecule has 6 heteroatoms. The number of nitrogens with zero attached hydrogens (tertiary/aromatic N) is 2. The van der Waals surface area contributed by atoms with Crippen LogP contribution < -0.4 is 5.32 Å². The van der Waals surface area contributed by atoms with E-state index in [0.717, 1.165) is 29.4 Å². The number of likely N-dealkylation sites (tertiary alicyclic amines) is 1. The van der Waals surface area contributed by atoms with Crippen molar-refractivity contribution in [2.24, 2.45) is 0 Å². The van der Waals surface area contributed by atoms with Gasteiger partial charge in [-0.25, -0.2) is 0 Å². The maximum absolute atomic E-state index is 12.8. The molecule has 0 aliphatic carbocycles. The summed E-state index contributed by atoms with van der Waals surface area (Å²) in [5.74, 6) is -0.111. The number of piperidine rings is 1. The van der Waals surface area contributed by atoms with Crippen LogP contribution >= 0.6 is 0 Å². The highest BCUT2D eigenvalue weighted by atomic mass is 16.3. The van der Waals surface area contributed by atoms with Crippen LogP contribution in [-0.2, 0) is 0 Å². The smallest absolute Gasteiger partial charge is 0.257 e. The third kappa shape index (κ3) is 3.56. The SMILES string of the molecule is Cc1cc(C(=O)NC2CCN(C(=O)c3ccoc3)CC2)c2ccccc2n1. The number of benzene rings is 1. The molecule has 1 saturated heterocycles. The summed E-state index contributed by atoms with van der Waals surface area (Å²) in [6.45, 7) is 3.12. The standard InChI is InChI=1S/C21H21N3O3/c1-14-12-18(17-4-2-3-5-19(17)22-14)20(25)23-16-6-9-24(10-7-16)21(26)15-8-11-27-13-15/h2-5,8,11-13,16H,6-7,9-10H2,1H3,(H,23,25). The second-order valence-electron chi connectivity index (χ2n) is 6.88. The van der Waals surface area contributed by atoms with Gasteiger partial charge in [0.2, 0.25) is 0 Å². The molecule has 3 aromatic rings. The number of fused-ring (bicyclic) bond motifs is 1. The van der Waals surface area contributed by atoms with Gasteiger partial charge in [-0.1, -0.05) is 18.2 Å². The molecule has 4 rings (SSSR count). The molecular weight excluding hydrogens is 342 g/mol. The number of amides is 2. The lowest BCUT2D eigenvalue weighted by molar-refractivity contribution is 0.0697. The van der Waals surface area contributed by atoms with Crippen molar-refractivity contribution < 1.29 is 14.0 Å². The first-order valence-corrected chi connectivity index (χ1v) is 9.10. The molecule has 138 valence electrons. The highest BCUT2D eigenvalue weighted by Crippen LogP contribution is 2.20. The molecular formula is C21H21N3O3. The molecule has 1 aliphatic heterocycles. The molecule has 2 amide bonds. The minimum Gasteiger partial charge on any atom is -0.472 e. The third-order valence-corrected chi connectivity index (χ3v) is 4.97. The number of rotatable bonds is 3. The Hall–Kier alpha value is -3.15. The Balaban J connectivity index is 1.42. The zero-order valence-electron chi connectivity index (χ0n) is 15.1. The largest absolute Gasteiger partial charge is 0.472 e. The number of hydrogen-bond donors (Lipinski definition) is 1. The Bertz CT molecular complexity index is 974. The van der Waals surface area contributed by atoms with E-state index >= 15 is 0 Å². The van der Waals surface area contributed by atoms with Crippen molar-refractivity contribution in [3.63, 3.8) is 0 Å². The van der Waals surface area contributed by atoms with Crippen LogP contribution in [0.25, 0.3) is 10.9 Å². The molecule has 0 bridgehead atoms. The maximum atomic E-state index is 12.8. The van der Waals surface area contributed by atoms with E-state index in [9.17, 15) is 9.59 Å². The molecule has 1 aromatic carbocycles. The molecule has 1 fully saturated rings. The van der Waals surface area contributed by atoms with Gasteiger partial charge >= 0.3 is 0 Å². The zero-order valence-corrected chi connectivity index (χ0v) is 15.1. The van der Waals surface area contributed by atoms with Crippen LogP contribution in [0.4, 0.5) is 0 Å². The Morgan fingerprint density at radius 2 is 1.96 bits per heavy atom. The van der Waals surface area contributed by atoms with Crippen molar-refractivity contribution in [2.75, 3.05) is 13.1 Å². The number of carbonyl (C=O) groups is 2. The number of hydrogen-bond acceptors (Lipinski definition) is 4. The quantitative estimate of drug-likeness (QED) is 0.775. The fraction of sp³-hybridized carbons (Fsp3) is 0.286. The van der Waals surface area contributed by atoms with E-state index < -0.39 is 0 Å². The molecule has 27 heavy (non-hydrogen) atoms. The maximum Gasteiger partial charge on any atom is 0.257 e. The third-order valence-electron chi connectivity index (χ3n) is 4.97. The summed E-state index contributed by atoms with van der Waals surface area (Å²) < 4.78 is 4.98. The number of pyridine rings is 1. The van der Waals surface area contributed by atoms with Crippen LogP contribution in [-0.4, -0.2) is 40.8 Å². The molecule has 0 atom stereocenters. The van der Waals surface area contributed by atoms with Gasteiger partial charge in [0.05, 0.1) is 22.9 Å². The minimum atomic E-state index is -0.0867. The monoisotopic (exact) mass is 363 g/mol. The van der Waals surface area contributed by atoms with Crippen molar-refractivity contribution in [1.82, 2.24) is 15.2 Å². The Morgan fingerprint density at radius 3 is 2.70 bits per heavy atom. The minimum absolute atomic E-state index is 0.0238. The molecule has 0 radical (unpaired) electrons. The average Bonchev–Trinajstić information content (AvgIpc) is 3.22. The lowest BCUT2D eigenvalue weighted by Gasteiger charge is -2.32. The summed E-state index contributed by atoms with van der Waals surface area (Å²) in [5, 5.41) is 3.98. The molecule has 0 unspecified atom stereocenters. The van der Waals surface area contributed by atoms with E-state index in [4.69, 9.17) is 4.42 Å². The second kappa shape index (κ2) is 7.23. The van der Waals surface area contributed by atoms with E-state index in [1.165, 1.54) is 12.5 Å². The Morgan fingerprint density at radius 1 is 1.19 bits per heavy atom. The highest BCUT2D eigenvalue weighted by molar-refractivity contribution is 6.06. The van der Waals surface area contributed by atoms with E-state index in [1.807, 2.05) is 37.3 Å². The predicted molar refractivity (Wildman–Crippen MR) is 102 cm³/mol. The molecule has 0 spiro atoms. The average molecular weight is 363 g/mol. The van der Waals surface area contributed by atoms with Crippen LogP contribution in [0.3, 0.4) is 0 Å². The second-order valence-corrected chi connectivity index (χ2v) is 6.88. The van der Waals surface area contributed by atoms with Crippen molar-refractivity contribution >= 4 is 22.7 Å². The van der Waals surface area contributed by atoms with Crippen LogP contribution in [0.1, 0.15) is 39.3 Å². The van der Waals surface area contributed by atoms with Gasteiger partial charge in [0.1, 0.15) is 6.26 Å². The van der Waals surface area contributed by atoms with E-state index in [2.05, 4.69) is 10.3 Å². The molecule has 3 heterocycles. The normalized spacial score (nSPS) is 15.1. The van der Waals surface area contributed by atoms with E-state index in [1.54, 1.807) is 11.0 Å². The summed E-state index contributed by atoms with van der Waals surface area (Å²) >= 11 is 0. The number of aromatic nitrogens is 1. The van der Waals surface area contributed by atoms with Gasteiger partial charge in [-0.3, -0.25) is 14.6 Å². The van der Waals surface area contributed by atoms with Gasteiger partial charge < -0.3 is 14.6 Å². The molecule has 2 aromatic heterocycles. The lowest BCUT2D eigenvalue weighted by Crippen LogP contribution is -2.46. The predicted octanol–water partition coefficient (Wildman–Crippen LogP) is 3.17. The molecule has 6 nitrogen and oxygen atoms in total. The van der Waals surface area contributed by atoms with Gasteiger partial charge in [0.15, 0.2) is 0 Å². The van der Waals surface area contributed by atoms with Gasteiger partial charge in [-0.05, 0) is 38.0 Å². The lowest BCUT2D eigenvalue weighted by atomic mass is 10.0. The van der Waals surface area contributed by atoms with Gasteiger partial charge in [-0.15, -0.1) is 0 Å². The van der Waals surface area contributed by atoms with Crippen molar-refractivity contribution in [2.45, 2.75) is 25.8 Å². The summed E-state index contributed by atoms with van der Waals surface area (Å²) in [7, 11) is 0. The summed E-state index contributed by atoms with van der Waals surface area (Å²) in [6.07, 6.45) is 4.43. The number of para-hydroxylation sites is 1. The first-order chi connectivity index (χ1) is 13.1. The highest BCUT2D eigenvalue weighted by Gasteiger charge is 2.25. The fourth-order valence-corrected chi connectivity index (χ4v) is 3.55. The molecule has 1 aliphatic rings. The zero-order chi connectivity index (χ0) is 18.8. The van der Waals surface area contributed by atoms with Gasteiger partial charge in [0.25, 0.3) is 11.8 Å².